The Kier molecular flexibility index (Phi) is 6.55. The molecule has 11 nitrogen and oxygen atoms in total. The van der Waals surface area contributed by atoms with E-state index in [-0.39, 0.29) is 10.5 Å². The number of anilines is 1. The molecular weight excluding hydrogens is 470 g/mol. The van der Waals surface area contributed by atoms with Crippen LogP contribution in [0.4, 0.5) is 5.69 Å². The molecule has 0 saturated heterocycles. The number of aryl methyl sites for hydroxylation is 1. The topological polar surface area (TPSA) is 139 Å². The number of rotatable bonds is 6. The molecule has 12 heteroatoms. The van der Waals surface area contributed by atoms with E-state index in [2.05, 4.69) is 26.4 Å². The molecule has 0 aliphatic heterocycles. The second kappa shape index (κ2) is 9.73. The first kappa shape index (κ1) is 23.6. The highest BCUT2D eigenvalue weighted by Crippen LogP contribution is 2.22. The number of amides is 2. The lowest BCUT2D eigenvalue weighted by Gasteiger charge is -2.20. The lowest BCUT2D eigenvalue weighted by molar-refractivity contribution is 0.0846. The number of tetrazole rings is 1. The van der Waals surface area contributed by atoms with Crippen LogP contribution in [0.2, 0.25) is 0 Å². The number of nitrogens with zero attached hydrogens (tertiary/aromatic N) is 5. The Hall–Kier alpha value is -4.58. The summed E-state index contributed by atoms with van der Waals surface area (Å²) < 4.78 is 28.3. The molecule has 1 aromatic heterocycles. The smallest absolute Gasteiger partial charge is 0.269 e. The zero-order valence-electron chi connectivity index (χ0n) is 18.8. The van der Waals surface area contributed by atoms with Crippen LogP contribution in [-0.4, -0.2) is 47.5 Å². The van der Waals surface area contributed by atoms with Gasteiger partial charge in [-0.15, -0.1) is 5.10 Å². The Morgan fingerprint density at radius 1 is 0.829 bits per heavy atom. The van der Waals surface area contributed by atoms with Gasteiger partial charge in [-0.3, -0.25) is 24.7 Å². The average Bonchev–Trinajstić information content (AvgIpc) is 3.42. The van der Waals surface area contributed by atoms with Gasteiger partial charge in [0.15, 0.2) is 0 Å². The summed E-state index contributed by atoms with van der Waals surface area (Å²) in [6.45, 7) is 1.88. The number of hydrogen-bond acceptors (Lipinski definition) is 7. The van der Waals surface area contributed by atoms with Gasteiger partial charge in [0.1, 0.15) is 6.33 Å². The third-order valence-electron chi connectivity index (χ3n) is 5.21. The molecule has 3 aromatic carbocycles. The fraction of sp³-hybridized carbons (Fsp3) is 0.0870. The fourth-order valence-corrected chi connectivity index (χ4v) is 4.33. The van der Waals surface area contributed by atoms with Crippen molar-refractivity contribution in [1.29, 1.82) is 0 Å². The number of nitrogens with one attached hydrogen (secondary N) is 2. The standard InChI is InChI=1S/C23H21N7O4S/c1-16-3-13-21(14-4-16)35(33,34)29(2)19-9-5-17(6-10-19)22(31)25-26-23(32)18-7-11-20(12-8-18)30-15-24-27-28-30/h3-15H,1-2H3,(H,25,31)(H,26,32). The monoisotopic (exact) mass is 491 g/mol. The number of benzene rings is 3. The highest BCUT2D eigenvalue weighted by molar-refractivity contribution is 7.92. The number of carbonyl (C=O) groups is 2. The average molecular weight is 492 g/mol. The van der Waals surface area contributed by atoms with Crippen LogP contribution in [0.15, 0.2) is 84.0 Å². The van der Waals surface area contributed by atoms with E-state index in [9.17, 15) is 18.0 Å². The van der Waals surface area contributed by atoms with E-state index in [1.807, 2.05) is 6.92 Å². The molecule has 2 amide bonds. The van der Waals surface area contributed by atoms with Crippen LogP contribution >= 0.6 is 0 Å². The predicted molar refractivity (Wildman–Crippen MR) is 127 cm³/mol. The molecule has 0 fully saturated rings. The van der Waals surface area contributed by atoms with Crippen molar-refractivity contribution in [3.8, 4) is 5.69 Å². The van der Waals surface area contributed by atoms with Gasteiger partial charge in [-0.25, -0.2) is 13.1 Å². The number of hydrogen-bond donors (Lipinski definition) is 2. The summed E-state index contributed by atoms with van der Waals surface area (Å²) in [7, 11) is -2.31. The van der Waals surface area contributed by atoms with Gasteiger partial charge in [0.25, 0.3) is 21.8 Å². The molecule has 0 aliphatic carbocycles. The predicted octanol–water partition coefficient (Wildman–Crippen LogP) is 1.87. The minimum absolute atomic E-state index is 0.168. The van der Waals surface area contributed by atoms with Gasteiger partial charge in [0.2, 0.25) is 0 Å². The van der Waals surface area contributed by atoms with Crippen LogP contribution < -0.4 is 15.2 Å². The Labute approximate surface area is 201 Å². The van der Waals surface area contributed by atoms with Crippen molar-refractivity contribution >= 4 is 27.5 Å². The fourth-order valence-electron chi connectivity index (χ4n) is 3.13. The van der Waals surface area contributed by atoms with Crippen molar-refractivity contribution in [2.45, 2.75) is 11.8 Å². The van der Waals surface area contributed by atoms with Crippen LogP contribution in [0.1, 0.15) is 26.3 Å². The molecule has 0 aliphatic rings. The number of carbonyl (C=O) groups excluding carboxylic acids is 2. The van der Waals surface area contributed by atoms with Crippen molar-refractivity contribution in [3.63, 3.8) is 0 Å². The molecule has 4 rings (SSSR count). The summed E-state index contributed by atoms with van der Waals surface area (Å²) in [6, 6.07) is 19.0. The first-order chi connectivity index (χ1) is 16.8. The number of hydrazine groups is 1. The van der Waals surface area contributed by atoms with E-state index < -0.39 is 21.8 Å². The second-order valence-electron chi connectivity index (χ2n) is 7.54. The first-order valence-electron chi connectivity index (χ1n) is 10.4. The summed E-state index contributed by atoms with van der Waals surface area (Å²) in [6.07, 6.45) is 1.43. The lowest BCUT2D eigenvalue weighted by Crippen LogP contribution is -2.41. The second-order valence-corrected chi connectivity index (χ2v) is 9.51. The van der Waals surface area contributed by atoms with E-state index in [1.54, 1.807) is 48.5 Å². The van der Waals surface area contributed by atoms with Crippen LogP contribution in [0.3, 0.4) is 0 Å². The highest BCUT2D eigenvalue weighted by Gasteiger charge is 2.21. The van der Waals surface area contributed by atoms with Gasteiger partial charge in [0, 0.05) is 18.2 Å². The summed E-state index contributed by atoms with van der Waals surface area (Å²) in [5, 5.41) is 10.9. The molecule has 35 heavy (non-hydrogen) atoms. The minimum atomic E-state index is -3.75. The molecular formula is C23H21N7O4S. The Balaban J connectivity index is 1.37. The summed E-state index contributed by atoms with van der Waals surface area (Å²) >= 11 is 0. The summed E-state index contributed by atoms with van der Waals surface area (Å²) in [5.41, 5.74) is 7.26. The highest BCUT2D eigenvalue weighted by atomic mass is 32.2. The van der Waals surface area contributed by atoms with E-state index in [0.717, 1.165) is 9.87 Å². The van der Waals surface area contributed by atoms with Crippen LogP contribution in [0, 0.1) is 6.92 Å². The Bertz CT molecular complexity index is 1440. The molecule has 0 radical (unpaired) electrons. The van der Waals surface area contributed by atoms with E-state index >= 15 is 0 Å². The molecule has 2 N–H and O–H groups in total. The zero-order valence-corrected chi connectivity index (χ0v) is 19.6. The molecule has 178 valence electrons. The molecule has 0 bridgehead atoms. The maximum Gasteiger partial charge on any atom is 0.269 e. The largest absolute Gasteiger partial charge is 0.269 e. The minimum Gasteiger partial charge on any atom is -0.269 e. The van der Waals surface area contributed by atoms with Crippen molar-refractivity contribution < 1.29 is 18.0 Å². The van der Waals surface area contributed by atoms with Gasteiger partial charge in [-0.2, -0.15) is 0 Å². The zero-order chi connectivity index (χ0) is 25.0. The molecule has 1 heterocycles. The summed E-state index contributed by atoms with van der Waals surface area (Å²) in [4.78, 5) is 24.9. The van der Waals surface area contributed by atoms with Crippen molar-refractivity contribution in [3.05, 3.63) is 95.8 Å². The molecule has 0 saturated carbocycles. The van der Waals surface area contributed by atoms with Crippen LogP contribution in [0.25, 0.3) is 5.69 Å². The van der Waals surface area contributed by atoms with Gasteiger partial charge in [-0.05, 0) is 78.0 Å². The molecule has 0 atom stereocenters. The first-order valence-corrected chi connectivity index (χ1v) is 11.8. The quantitative estimate of drug-likeness (QED) is 0.393. The third kappa shape index (κ3) is 5.17. The normalized spacial score (nSPS) is 11.0. The molecule has 4 aromatic rings. The van der Waals surface area contributed by atoms with Gasteiger partial charge >= 0.3 is 0 Å². The van der Waals surface area contributed by atoms with E-state index in [1.165, 1.54) is 42.3 Å². The van der Waals surface area contributed by atoms with Crippen LogP contribution in [-0.2, 0) is 10.0 Å². The van der Waals surface area contributed by atoms with Crippen molar-refractivity contribution in [2.24, 2.45) is 0 Å². The van der Waals surface area contributed by atoms with Crippen molar-refractivity contribution in [1.82, 2.24) is 31.1 Å². The molecule has 0 spiro atoms. The van der Waals surface area contributed by atoms with Crippen LogP contribution in [0.5, 0.6) is 0 Å². The Morgan fingerprint density at radius 2 is 1.37 bits per heavy atom. The number of aromatic nitrogens is 4. The van der Waals surface area contributed by atoms with Gasteiger partial charge in [0.05, 0.1) is 16.3 Å². The van der Waals surface area contributed by atoms with Gasteiger partial charge < -0.3 is 0 Å². The lowest BCUT2D eigenvalue weighted by atomic mass is 10.2. The van der Waals surface area contributed by atoms with E-state index in [0.29, 0.717) is 16.9 Å². The maximum atomic E-state index is 12.9. The third-order valence-corrected chi connectivity index (χ3v) is 7.00. The van der Waals surface area contributed by atoms with Gasteiger partial charge in [-0.1, -0.05) is 17.7 Å². The molecule has 0 unspecified atom stereocenters. The summed E-state index contributed by atoms with van der Waals surface area (Å²) in [5.74, 6) is -1.07. The van der Waals surface area contributed by atoms with Crippen molar-refractivity contribution in [2.75, 3.05) is 11.4 Å². The van der Waals surface area contributed by atoms with E-state index in [4.69, 9.17) is 0 Å². The SMILES string of the molecule is Cc1ccc(S(=O)(=O)N(C)c2ccc(C(=O)NNC(=O)c3ccc(-n4cnnn4)cc3)cc2)cc1. The maximum absolute atomic E-state index is 12.9. The number of sulfonamides is 1. The Morgan fingerprint density at radius 3 is 1.89 bits per heavy atom.